The molecule has 4 aliphatic carbocycles. The van der Waals surface area contributed by atoms with Gasteiger partial charge < -0.3 is 5.32 Å². The molecule has 0 saturated heterocycles. The normalized spacial score (nSPS) is 24.1. The zero-order valence-corrected chi connectivity index (χ0v) is 29.5. The third-order valence-electron chi connectivity index (χ3n) is 11.9. The lowest BCUT2D eigenvalue weighted by Crippen LogP contribution is -2.36. The Morgan fingerprint density at radius 2 is 1.70 bits per heavy atom. The predicted octanol–water partition coefficient (Wildman–Crippen LogP) is 11.0. The Balaban J connectivity index is 0.973. The van der Waals surface area contributed by atoms with Crippen LogP contribution in [-0.4, -0.2) is 21.2 Å². The molecule has 2 aliphatic heterocycles. The number of hydrogen-bond donors (Lipinski definition) is 1. The Kier molecular flexibility index (Phi) is 7.07. The van der Waals surface area contributed by atoms with Crippen LogP contribution in [0.4, 0.5) is 0 Å². The van der Waals surface area contributed by atoms with Crippen LogP contribution >= 0.6 is 0 Å². The van der Waals surface area contributed by atoms with Crippen LogP contribution in [0.3, 0.4) is 0 Å². The Bertz CT molecular complexity index is 2650. The number of benzene rings is 4. The summed E-state index contributed by atoms with van der Waals surface area (Å²) in [6.45, 7) is 0. The molecule has 4 unspecified atom stereocenters. The lowest BCUT2D eigenvalue weighted by molar-refractivity contribution is 0.555. The van der Waals surface area contributed by atoms with E-state index >= 15 is 0 Å². The molecule has 5 aromatic rings. The van der Waals surface area contributed by atoms with Crippen LogP contribution in [0.2, 0.25) is 0 Å². The molecule has 0 radical (unpaired) electrons. The molecule has 5 heteroatoms. The third kappa shape index (κ3) is 5.09. The fourth-order valence-corrected chi connectivity index (χ4v) is 9.23. The van der Waals surface area contributed by atoms with E-state index < -0.39 is 0 Å². The maximum atomic E-state index is 5.33. The van der Waals surface area contributed by atoms with Gasteiger partial charge in [-0.1, -0.05) is 127 Å². The van der Waals surface area contributed by atoms with E-state index in [0.717, 1.165) is 59.8 Å². The van der Waals surface area contributed by atoms with Crippen LogP contribution in [0.1, 0.15) is 61.1 Å². The molecule has 3 heterocycles. The Labute approximate surface area is 309 Å². The third-order valence-corrected chi connectivity index (χ3v) is 11.9. The highest BCUT2D eigenvalue weighted by molar-refractivity contribution is 6.09. The van der Waals surface area contributed by atoms with E-state index in [9.17, 15) is 0 Å². The summed E-state index contributed by atoms with van der Waals surface area (Å²) < 4.78 is 2.45. The lowest BCUT2D eigenvalue weighted by atomic mass is 9.80. The molecule has 0 saturated carbocycles. The zero-order valence-electron chi connectivity index (χ0n) is 29.5. The van der Waals surface area contributed by atoms with Crippen LogP contribution < -0.4 is 5.32 Å². The van der Waals surface area contributed by atoms with Crippen molar-refractivity contribution in [3.05, 3.63) is 174 Å². The summed E-state index contributed by atoms with van der Waals surface area (Å²) in [4.78, 5) is 16.0. The van der Waals surface area contributed by atoms with Crippen LogP contribution in [-0.2, 0) is 0 Å². The number of para-hydroxylation sites is 1. The predicted molar refractivity (Wildman–Crippen MR) is 219 cm³/mol. The van der Waals surface area contributed by atoms with Crippen molar-refractivity contribution in [2.24, 2.45) is 21.8 Å². The monoisotopic (exact) mass is 685 g/mol. The first-order valence-corrected chi connectivity index (χ1v) is 19.1. The van der Waals surface area contributed by atoms with E-state index in [2.05, 4.69) is 156 Å². The maximum Gasteiger partial charge on any atom is 0.147 e. The molecule has 53 heavy (non-hydrogen) atoms. The van der Waals surface area contributed by atoms with Gasteiger partial charge in [0.05, 0.1) is 11.0 Å². The molecule has 0 bridgehead atoms. The van der Waals surface area contributed by atoms with Crippen LogP contribution in [0.5, 0.6) is 0 Å². The van der Waals surface area contributed by atoms with Crippen molar-refractivity contribution < 1.29 is 0 Å². The second kappa shape index (κ2) is 12.3. The van der Waals surface area contributed by atoms with Gasteiger partial charge >= 0.3 is 0 Å². The molecule has 4 aromatic carbocycles. The fraction of sp³-hybridized carbons (Fsp3) is 0.188. The summed E-state index contributed by atoms with van der Waals surface area (Å²) >= 11 is 0. The highest BCUT2D eigenvalue weighted by Crippen LogP contribution is 2.47. The first-order chi connectivity index (χ1) is 26.2. The first-order valence-electron chi connectivity index (χ1n) is 19.1. The van der Waals surface area contributed by atoms with Crippen molar-refractivity contribution in [1.29, 1.82) is 0 Å². The standard InChI is InChI=1S/C48H39N5/c1-3-12-34-28-36(26-20-30(34)10-1)46-50-45(51-47(52-46)37-27-21-31-11-2-4-13-35(31)29-37)32-22-24-33(25-23-32)48-49-42-18-9-17-41-39-15-6-5-14-38(39)40-16-7-8-19-43(40)53(48)44(41)42/h1-3,5-12,14-15,17-22,24-28,32,35,40,46H,4,13,16,23,29H2,(H,50,51,52). The average molecular weight is 686 g/mol. The van der Waals surface area contributed by atoms with Crippen molar-refractivity contribution in [3.8, 4) is 11.1 Å². The average Bonchev–Trinajstić information content (AvgIpc) is 3.57. The Hall–Kier alpha value is -6.07. The van der Waals surface area contributed by atoms with Crippen LogP contribution in [0.25, 0.3) is 44.2 Å². The minimum Gasteiger partial charge on any atom is -0.344 e. The summed E-state index contributed by atoms with van der Waals surface area (Å²) in [5, 5.41) is 6.23. The Morgan fingerprint density at radius 1 is 0.792 bits per heavy atom. The summed E-state index contributed by atoms with van der Waals surface area (Å²) in [5.41, 5.74) is 12.5. The molecule has 1 N–H and O–H groups in total. The van der Waals surface area contributed by atoms with Gasteiger partial charge in [-0.2, -0.15) is 0 Å². The molecule has 11 rings (SSSR count). The van der Waals surface area contributed by atoms with Gasteiger partial charge in [-0.05, 0) is 94.8 Å². The highest BCUT2D eigenvalue weighted by Gasteiger charge is 2.33. The molecule has 5 nitrogen and oxygen atoms in total. The minimum absolute atomic E-state index is 0.0598. The highest BCUT2D eigenvalue weighted by atomic mass is 15.2. The number of nitrogens with zero attached hydrogens (tertiary/aromatic N) is 4. The van der Waals surface area contributed by atoms with E-state index in [1.54, 1.807) is 0 Å². The summed E-state index contributed by atoms with van der Waals surface area (Å²) in [5.74, 6) is 3.72. The number of aromatic nitrogens is 2. The molecule has 0 fully saturated rings. The van der Waals surface area contributed by atoms with E-state index in [4.69, 9.17) is 15.0 Å². The zero-order chi connectivity index (χ0) is 34.9. The number of rotatable bonds is 4. The van der Waals surface area contributed by atoms with Gasteiger partial charge in [0.2, 0.25) is 0 Å². The van der Waals surface area contributed by atoms with Crippen LogP contribution in [0, 0.1) is 11.8 Å². The molecule has 0 amide bonds. The number of aliphatic imine (C=N–C) groups is 2. The fourth-order valence-electron chi connectivity index (χ4n) is 9.23. The van der Waals surface area contributed by atoms with Gasteiger partial charge in [-0.15, -0.1) is 0 Å². The second-order valence-electron chi connectivity index (χ2n) is 15.0. The topological polar surface area (TPSA) is 54.6 Å². The van der Waals surface area contributed by atoms with Gasteiger partial charge in [0.1, 0.15) is 23.7 Å². The molecular weight excluding hydrogens is 647 g/mol. The second-order valence-corrected chi connectivity index (χ2v) is 15.0. The maximum absolute atomic E-state index is 5.33. The van der Waals surface area contributed by atoms with Gasteiger partial charge in [-0.25, -0.2) is 15.0 Å². The van der Waals surface area contributed by atoms with Crippen molar-refractivity contribution in [2.75, 3.05) is 0 Å². The van der Waals surface area contributed by atoms with Gasteiger partial charge in [0.25, 0.3) is 0 Å². The molecule has 0 spiro atoms. The number of allylic oxidation sites excluding steroid dienone is 12. The number of hydrogen-bond acceptors (Lipinski definition) is 4. The molecule has 4 atom stereocenters. The van der Waals surface area contributed by atoms with E-state index in [0.29, 0.717) is 5.92 Å². The molecule has 1 aromatic heterocycles. The molecular formula is C48H39N5. The quantitative estimate of drug-likeness (QED) is 0.205. The van der Waals surface area contributed by atoms with Crippen molar-refractivity contribution in [3.63, 3.8) is 0 Å². The summed E-state index contributed by atoms with van der Waals surface area (Å²) in [6, 6.07) is 30.7. The smallest absolute Gasteiger partial charge is 0.147 e. The molecule has 256 valence electrons. The first kappa shape index (κ1) is 30.5. The summed E-state index contributed by atoms with van der Waals surface area (Å²) in [7, 11) is 0. The van der Waals surface area contributed by atoms with Gasteiger partial charge in [0.15, 0.2) is 0 Å². The Morgan fingerprint density at radius 3 is 2.64 bits per heavy atom. The van der Waals surface area contributed by atoms with Gasteiger partial charge in [-0.3, -0.25) is 4.57 Å². The van der Waals surface area contributed by atoms with E-state index in [1.807, 2.05) is 0 Å². The van der Waals surface area contributed by atoms with Gasteiger partial charge in [0, 0.05) is 28.7 Å². The van der Waals surface area contributed by atoms with E-state index in [1.165, 1.54) is 56.2 Å². The van der Waals surface area contributed by atoms with Crippen molar-refractivity contribution >= 4 is 44.7 Å². The minimum atomic E-state index is -0.215. The SMILES string of the molecule is C1=CCC2C(=C1)n1c(C3=CCC(C4=NC(c5ccc6ccccc6c5)NC(C5=CC=C6C=CCCC6C5)=N4)C=C3)nc3cccc(c31)-c1ccccc12. The largest absolute Gasteiger partial charge is 0.344 e. The number of fused-ring (bicyclic) bond motifs is 7. The van der Waals surface area contributed by atoms with Crippen LogP contribution in [0.15, 0.2) is 167 Å². The van der Waals surface area contributed by atoms with Crippen molar-refractivity contribution in [2.45, 2.75) is 44.2 Å². The number of nitrogens with one attached hydrogen (secondary N) is 1. The van der Waals surface area contributed by atoms with E-state index in [-0.39, 0.29) is 18.0 Å². The number of imidazole rings is 1. The molecule has 6 aliphatic rings. The van der Waals surface area contributed by atoms with Crippen molar-refractivity contribution in [1.82, 2.24) is 14.9 Å². The number of amidine groups is 2. The lowest BCUT2D eigenvalue weighted by Gasteiger charge is -2.31. The summed E-state index contributed by atoms with van der Waals surface area (Å²) in [6.07, 6.45) is 27.8.